The highest BCUT2D eigenvalue weighted by Crippen LogP contribution is 2.37. The van der Waals surface area contributed by atoms with Gasteiger partial charge >= 0.3 is 6.18 Å². The zero-order valence-corrected chi connectivity index (χ0v) is 12.8. The van der Waals surface area contributed by atoms with Crippen LogP contribution in [0, 0.1) is 10.1 Å². The van der Waals surface area contributed by atoms with Gasteiger partial charge < -0.3 is 5.32 Å². The number of aromatic nitrogens is 3. The third kappa shape index (κ3) is 4.22. The minimum atomic E-state index is -4.85. The molecule has 0 spiro atoms. The van der Waals surface area contributed by atoms with Gasteiger partial charge in [0.15, 0.2) is 5.16 Å². The van der Waals surface area contributed by atoms with Crippen molar-refractivity contribution in [3.63, 3.8) is 0 Å². The number of anilines is 1. The SMILES string of the molecule is C[C@H](Sc1ncn[nH]1)C(=O)Nc1ccc([N+](=O)[O-])cc1C(F)(F)F. The van der Waals surface area contributed by atoms with E-state index in [4.69, 9.17) is 0 Å². The molecule has 1 aromatic heterocycles. The van der Waals surface area contributed by atoms with E-state index in [1.807, 2.05) is 0 Å². The monoisotopic (exact) mass is 361 g/mol. The Hall–Kier alpha value is -2.63. The Balaban J connectivity index is 2.21. The number of H-pyrrole nitrogens is 1. The Labute approximate surface area is 137 Å². The van der Waals surface area contributed by atoms with E-state index in [-0.39, 0.29) is 0 Å². The van der Waals surface area contributed by atoms with Crippen molar-refractivity contribution in [2.24, 2.45) is 0 Å². The molecule has 0 aliphatic carbocycles. The Morgan fingerprint density at radius 1 is 1.46 bits per heavy atom. The van der Waals surface area contributed by atoms with Crippen LogP contribution in [0.15, 0.2) is 29.7 Å². The molecule has 1 aromatic carbocycles. The third-order valence-corrected chi connectivity index (χ3v) is 3.82. The van der Waals surface area contributed by atoms with E-state index in [9.17, 15) is 28.1 Å². The van der Waals surface area contributed by atoms with Gasteiger partial charge in [0.05, 0.1) is 21.4 Å². The fraction of sp³-hybridized carbons (Fsp3) is 0.250. The topological polar surface area (TPSA) is 114 Å². The highest BCUT2D eigenvalue weighted by molar-refractivity contribution is 8.00. The number of nitrogens with zero attached hydrogens (tertiary/aromatic N) is 3. The van der Waals surface area contributed by atoms with Crippen LogP contribution in [-0.2, 0) is 11.0 Å². The summed E-state index contributed by atoms with van der Waals surface area (Å²) in [5, 5.41) is 18.4. The maximum atomic E-state index is 13.0. The fourth-order valence-corrected chi connectivity index (χ4v) is 2.41. The minimum Gasteiger partial charge on any atom is -0.325 e. The highest BCUT2D eigenvalue weighted by Gasteiger charge is 2.36. The van der Waals surface area contributed by atoms with E-state index in [0.717, 1.165) is 23.9 Å². The first kappa shape index (κ1) is 17.7. The highest BCUT2D eigenvalue weighted by atomic mass is 32.2. The van der Waals surface area contributed by atoms with Crippen molar-refractivity contribution >= 4 is 29.0 Å². The van der Waals surface area contributed by atoms with Crippen LogP contribution >= 0.6 is 11.8 Å². The number of halogens is 3. The number of alkyl halides is 3. The number of amides is 1. The minimum absolute atomic E-state index is 0.331. The summed E-state index contributed by atoms with van der Waals surface area (Å²) in [6, 6.07) is 2.12. The van der Waals surface area contributed by atoms with Crippen LogP contribution in [0.1, 0.15) is 12.5 Å². The standard InChI is InChI=1S/C12H10F3N5O3S/c1-6(24-11-16-5-17-19-11)10(21)18-9-3-2-7(20(22)23)4-8(9)12(13,14)15/h2-6H,1H3,(H,18,21)(H,16,17,19)/t6-/m0/s1. The number of carbonyl (C=O) groups is 1. The smallest absolute Gasteiger partial charge is 0.325 e. The zero-order chi connectivity index (χ0) is 17.9. The molecule has 24 heavy (non-hydrogen) atoms. The van der Waals surface area contributed by atoms with E-state index in [2.05, 4.69) is 20.5 Å². The van der Waals surface area contributed by atoms with Crippen LogP contribution in [-0.4, -0.2) is 31.3 Å². The van der Waals surface area contributed by atoms with Gasteiger partial charge in [-0.25, -0.2) is 4.98 Å². The maximum absolute atomic E-state index is 13.0. The Kier molecular flexibility index (Phi) is 5.07. The van der Waals surface area contributed by atoms with Crippen LogP contribution in [0.25, 0.3) is 0 Å². The number of non-ortho nitro benzene ring substituents is 1. The lowest BCUT2D eigenvalue weighted by Gasteiger charge is -2.15. The summed E-state index contributed by atoms with van der Waals surface area (Å²) in [6.45, 7) is 1.47. The third-order valence-electron chi connectivity index (χ3n) is 2.83. The van der Waals surface area contributed by atoms with Crippen LogP contribution < -0.4 is 5.32 Å². The number of thioether (sulfide) groups is 1. The number of aromatic amines is 1. The Morgan fingerprint density at radius 3 is 2.71 bits per heavy atom. The molecule has 1 atom stereocenters. The van der Waals surface area contributed by atoms with Gasteiger partial charge in [0, 0.05) is 12.1 Å². The number of nitrogens with one attached hydrogen (secondary N) is 2. The molecule has 8 nitrogen and oxygen atoms in total. The summed E-state index contributed by atoms with van der Waals surface area (Å²) < 4.78 is 39.1. The predicted molar refractivity (Wildman–Crippen MR) is 78.4 cm³/mol. The van der Waals surface area contributed by atoms with Crippen LogP contribution in [0.4, 0.5) is 24.5 Å². The normalized spacial score (nSPS) is 12.7. The van der Waals surface area contributed by atoms with Gasteiger partial charge in [-0.1, -0.05) is 11.8 Å². The van der Waals surface area contributed by atoms with Gasteiger partial charge in [0.1, 0.15) is 6.33 Å². The second-order valence-corrected chi connectivity index (χ2v) is 5.85. The molecule has 2 N–H and O–H groups in total. The molecule has 0 saturated carbocycles. The first-order chi connectivity index (χ1) is 11.2. The van der Waals surface area contributed by atoms with Crippen molar-refractivity contribution < 1.29 is 22.9 Å². The summed E-state index contributed by atoms with van der Waals surface area (Å²) in [4.78, 5) is 25.5. The lowest BCUT2D eigenvalue weighted by molar-refractivity contribution is -0.385. The van der Waals surface area contributed by atoms with Crippen LogP contribution in [0.5, 0.6) is 0 Å². The quantitative estimate of drug-likeness (QED) is 0.481. The molecule has 0 bridgehead atoms. The second kappa shape index (κ2) is 6.86. The van der Waals surface area contributed by atoms with Gasteiger partial charge in [-0.05, 0) is 13.0 Å². The van der Waals surface area contributed by atoms with Gasteiger partial charge in [0.2, 0.25) is 5.91 Å². The molecule has 0 saturated heterocycles. The summed E-state index contributed by atoms with van der Waals surface area (Å²) >= 11 is 0.968. The number of nitro benzene ring substituents is 1. The first-order valence-electron chi connectivity index (χ1n) is 6.37. The van der Waals surface area contributed by atoms with Gasteiger partial charge in [-0.3, -0.25) is 20.0 Å². The molecule has 0 unspecified atom stereocenters. The Morgan fingerprint density at radius 2 is 2.17 bits per heavy atom. The average Bonchev–Trinajstić information content (AvgIpc) is 2.99. The Bertz CT molecular complexity index is 751. The van der Waals surface area contributed by atoms with E-state index in [0.29, 0.717) is 11.2 Å². The number of nitro groups is 1. The van der Waals surface area contributed by atoms with Gasteiger partial charge in [-0.15, -0.1) is 0 Å². The fourth-order valence-electron chi connectivity index (χ4n) is 1.70. The molecule has 128 valence electrons. The van der Waals surface area contributed by atoms with E-state index in [1.165, 1.54) is 13.3 Å². The van der Waals surface area contributed by atoms with Crippen LogP contribution in [0.3, 0.4) is 0 Å². The molecule has 0 aliphatic rings. The molecule has 0 aliphatic heterocycles. The number of hydrogen-bond acceptors (Lipinski definition) is 6. The number of rotatable bonds is 5. The summed E-state index contributed by atoms with van der Waals surface area (Å²) in [6.07, 6.45) is -3.62. The van der Waals surface area contributed by atoms with E-state index >= 15 is 0 Å². The first-order valence-corrected chi connectivity index (χ1v) is 7.25. The largest absolute Gasteiger partial charge is 0.418 e. The molecule has 1 heterocycles. The van der Waals surface area contributed by atoms with E-state index < -0.39 is 39.2 Å². The van der Waals surface area contributed by atoms with Crippen LogP contribution in [0.2, 0.25) is 0 Å². The molecule has 1 amide bonds. The molecule has 2 rings (SSSR count). The number of benzene rings is 1. The lowest BCUT2D eigenvalue weighted by Crippen LogP contribution is -2.24. The van der Waals surface area contributed by atoms with Crippen molar-refractivity contribution in [2.75, 3.05) is 5.32 Å². The van der Waals surface area contributed by atoms with E-state index in [1.54, 1.807) is 0 Å². The maximum Gasteiger partial charge on any atom is 0.418 e. The van der Waals surface area contributed by atoms with Crippen molar-refractivity contribution in [2.45, 2.75) is 23.5 Å². The molecular formula is C12H10F3N5O3S. The molecule has 0 fully saturated rings. The van der Waals surface area contributed by atoms with Crippen molar-refractivity contribution in [1.82, 2.24) is 15.2 Å². The molecular weight excluding hydrogens is 351 g/mol. The summed E-state index contributed by atoms with van der Waals surface area (Å²) in [5.74, 6) is -0.712. The van der Waals surface area contributed by atoms with Crippen molar-refractivity contribution in [3.05, 3.63) is 40.2 Å². The van der Waals surface area contributed by atoms with Gasteiger partial charge in [-0.2, -0.15) is 18.3 Å². The summed E-state index contributed by atoms with van der Waals surface area (Å²) in [7, 11) is 0. The number of hydrogen-bond donors (Lipinski definition) is 2. The average molecular weight is 361 g/mol. The van der Waals surface area contributed by atoms with Crippen molar-refractivity contribution in [3.8, 4) is 0 Å². The molecule has 12 heteroatoms. The van der Waals surface area contributed by atoms with Gasteiger partial charge in [0.25, 0.3) is 5.69 Å². The molecule has 2 aromatic rings. The lowest BCUT2D eigenvalue weighted by atomic mass is 10.1. The predicted octanol–water partition coefficient (Wildman–Crippen LogP) is 2.85. The molecule has 0 radical (unpaired) electrons. The zero-order valence-electron chi connectivity index (χ0n) is 12.0. The summed E-state index contributed by atoms with van der Waals surface area (Å²) in [5.41, 5.74) is -2.56. The second-order valence-electron chi connectivity index (χ2n) is 4.52. The van der Waals surface area contributed by atoms with Crippen molar-refractivity contribution in [1.29, 1.82) is 0 Å². The number of carbonyl (C=O) groups excluding carboxylic acids is 1.